The van der Waals surface area contributed by atoms with Gasteiger partial charge in [0.2, 0.25) is 10.0 Å². The number of nitrogens with zero attached hydrogens (tertiary/aromatic N) is 5. The number of nitrogens with one attached hydrogen (secondary N) is 3. The van der Waals surface area contributed by atoms with Crippen molar-refractivity contribution in [1.29, 1.82) is 0 Å². The number of anilines is 1. The highest BCUT2D eigenvalue weighted by Crippen LogP contribution is 2.25. The molecule has 1 aliphatic rings. The molecule has 1 aromatic carbocycles. The van der Waals surface area contributed by atoms with Gasteiger partial charge in [-0.25, -0.2) is 32.9 Å². The van der Waals surface area contributed by atoms with Crippen molar-refractivity contribution in [2.75, 3.05) is 5.32 Å². The van der Waals surface area contributed by atoms with Crippen molar-refractivity contribution in [3.8, 4) is 5.95 Å². The van der Waals surface area contributed by atoms with Gasteiger partial charge < -0.3 is 10.6 Å². The van der Waals surface area contributed by atoms with E-state index < -0.39 is 22.1 Å². The van der Waals surface area contributed by atoms with Crippen molar-refractivity contribution in [3.05, 3.63) is 54.4 Å². The molecule has 0 spiro atoms. The summed E-state index contributed by atoms with van der Waals surface area (Å²) in [6.45, 7) is 3.46. The largest absolute Gasteiger partial charge is 0.328 e. The zero-order valence-corrected chi connectivity index (χ0v) is 17.8. The third-order valence-corrected chi connectivity index (χ3v) is 6.35. The van der Waals surface area contributed by atoms with E-state index in [1.807, 2.05) is 0 Å². The predicted octanol–water partition coefficient (Wildman–Crippen LogP) is 1.69. The third kappa shape index (κ3) is 4.86. The molecule has 1 saturated carbocycles. The third-order valence-electron chi connectivity index (χ3n) is 4.69. The molecule has 0 saturated heterocycles. The Kier molecular flexibility index (Phi) is 5.65. The maximum Gasteiger partial charge on any atom is 0.319 e. The molecule has 2 aromatic heterocycles. The van der Waals surface area contributed by atoms with Gasteiger partial charge in [-0.15, -0.1) is 0 Å². The molecule has 11 nitrogen and oxygen atoms in total. The van der Waals surface area contributed by atoms with Crippen LogP contribution in [0, 0.1) is 6.92 Å². The molecule has 2 amide bonds. The van der Waals surface area contributed by atoms with Crippen LogP contribution in [-0.4, -0.2) is 45.2 Å². The van der Waals surface area contributed by atoms with E-state index in [4.69, 9.17) is 0 Å². The van der Waals surface area contributed by atoms with Gasteiger partial charge in [0.25, 0.3) is 5.95 Å². The second-order valence-corrected chi connectivity index (χ2v) is 8.96. The van der Waals surface area contributed by atoms with Crippen LogP contribution in [0.4, 0.5) is 10.5 Å². The van der Waals surface area contributed by atoms with Crippen molar-refractivity contribution in [3.63, 3.8) is 0 Å². The number of sulfonamides is 1. The van der Waals surface area contributed by atoms with Gasteiger partial charge in [-0.05, 0) is 50.5 Å². The number of carbonyl (C=O) groups excluding carboxylic acids is 1. The molecule has 1 aliphatic carbocycles. The number of urea groups is 1. The Balaban J connectivity index is 1.46. The van der Waals surface area contributed by atoms with Crippen LogP contribution in [0.15, 0.2) is 47.9 Å². The first kappa shape index (κ1) is 20.9. The average Bonchev–Trinajstić information content (AvgIpc) is 3.39. The van der Waals surface area contributed by atoms with Crippen molar-refractivity contribution in [2.45, 2.75) is 43.7 Å². The van der Waals surface area contributed by atoms with Crippen LogP contribution in [0.5, 0.6) is 0 Å². The lowest BCUT2D eigenvalue weighted by atomic mass is 10.2. The van der Waals surface area contributed by atoms with Crippen molar-refractivity contribution < 1.29 is 13.2 Å². The van der Waals surface area contributed by atoms with Crippen LogP contribution in [0.1, 0.15) is 37.2 Å². The Bertz CT molecular complexity index is 1190. The van der Waals surface area contributed by atoms with Crippen molar-refractivity contribution in [2.24, 2.45) is 0 Å². The molecular formula is C19H22N8O3S. The summed E-state index contributed by atoms with van der Waals surface area (Å²) in [5, 5.41) is 9.54. The summed E-state index contributed by atoms with van der Waals surface area (Å²) >= 11 is 0. The molecule has 1 atom stereocenters. The normalized spacial score (nSPS) is 14.8. The maximum atomic E-state index is 12.6. The minimum absolute atomic E-state index is 0.00360. The molecule has 0 bridgehead atoms. The number of rotatable bonds is 7. The Morgan fingerprint density at radius 1 is 1.19 bits per heavy atom. The van der Waals surface area contributed by atoms with E-state index in [9.17, 15) is 13.2 Å². The van der Waals surface area contributed by atoms with Gasteiger partial charge in [0.05, 0.1) is 10.9 Å². The van der Waals surface area contributed by atoms with Gasteiger partial charge in [0.1, 0.15) is 6.33 Å². The molecule has 0 aliphatic heterocycles. The fourth-order valence-corrected chi connectivity index (χ4v) is 4.56. The first-order valence-corrected chi connectivity index (χ1v) is 11.2. The molecule has 0 radical (unpaired) electrons. The molecule has 2 heterocycles. The first-order valence-electron chi connectivity index (χ1n) is 9.71. The van der Waals surface area contributed by atoms with E-state index in [1.54, 1.807) is 44.4 Å². The highest BCUT2D eigenvalue weighted by Gasteiger charge is 2.29. The molecule has 12 heteroatoms. The second kappa shape index (κ2) is 8.40. The molecule has 0 unspecified atom stereocenters. The average molecular weight is 443 g/mol. The Hall–Kier alpha value is -3.38. The Morgan fingerprint density at radius 3 is 2.65 bits per heavy atom. The maximum absolute atomic E-state index is 12.6. The molecule has 1 fully saturated rings. The summed E-state index contributed by atoms with van der Waals surface area (Å²) in [5.74, 6) is 0.780. The number of carbonyl (C=O) groups is 1. The highest BCUT2D eigenvalue weighted by molar-refractivity contribution is 7.89. The van der Waals surface area contributed by atoms with Crippen LogP contribution < -0.4 is 15.4 Å². The van der Waals surface area contributed by atoms with Gasteiger partial charge in [0.15, 0.2) is 5.82 Å². The number of hydrogen-bond acceptors (Lipinski definition) is 7. The van der Waals surface area contributed by atoms with Crippen LogP contribution in [0.3, 0.4) is 0 Å². The van der Waals surface area contributed by atoms with Crippen LogP contribution >= 0.6 is 0 Å². The quantitative estimate of drug-likeness (QED) is 0.505. The fourth-order valence-electron chi connectivity index (χ4n) is 2.98. The summed E-state index contributed by atoms with van der Waals surface area (Å²) in [4.78, 5) is 25.1. The standard InChI is InChI=1S/C19H22N8O3S/c1-12-4-5-15(10-16(12)31(29,30)26-14-6-7-14)25-19(28)24-13(2)17-22-11-23-27(17)18-20-8-3-9-21-18/h3-5,8-11,13-14,26H,6-7H2,1-2H3,(H2,24,25,28)/t13-/m0/s1. The second-order valence-electron chi connectivity index (χ2n) is 7.27. The molecule has 31 heavy (non-hydrogen) atoms. The summed E-state index contributed by atoms with van der Waals surface area (Å²) < 4.78 is 29.2. The SMILES string of the molecule is Cc1ccc(NC(=O)N[C@@H](C)c2ncnn2-c2ncccn2)cc1S(=O)(=O)NC1CC1. The molecule has 4 rings (SSSR count). The van der Waals surface area contributed by atoms with Gasteiger partial charge in [0, 0.05) is 24.1 Å². The number of hydrogen-bond donors (Lipinski definition) is 3. The number of benzene rings is 1. The first-order chi connectivity index (χ1) is 14.8. The Morgan fingerprint density at radius 2 is 1.94 bits per heavy atom. The van der Waals surface area contributed by atoms with E-state index >= 15 is 0 Å². The fraction of sp³-hybridized carbons (Fsp3) is 0.316. The minimum atomic E-state index is -3.64. The number of aryl methyl sites for hydroxylation is 1. The number of aromatic nitrogens is 5. The summed E-state index contributed by atoms with van der Waals surface area (Å²) in [7, 11) is -3.64. The highest BCUT2D eigenvalue weighted by atomic mass is 32.2. The molecule has 162 valence electrons. The summed E-state index contributed by atoms with van der Waals surface area (Å²) in [6.07, 6.45) is 6.20. The van der Waals surface area contributed by atoms with Crippen molar-refractivity contribution >= 4 is 21.7 Å². The minimum Gasteiger partial charge on any atom is -0.328 e. The van der Waals surface area contributed by atoms with Gasteiger partial charge in [-0.3, -0.25) is 0 Å². The predicted molar refractivity (Wildman–Crippen MR) is 112 cm³/mol. The lowest BCUT2D eigenvalue weighted by Crippen LogP contribution is -2.33. The smallest absolute Gasteiger partial charge is 0.319 e. The monoisotopic (exact) mass is 442 g/mol. The lowest BCUT2D eigenvalue weighted by Gasteiger charge is -2.15. The number of amides is 2. The summed E-state index contributed by atoms with van der Waals surface area (Å²) in [5.41, 5.74) is 0.961. The zero-order valence-electron chi connectivity index (χ0n) is 17.0. The van der Waals surface area contributed by atoms with E-state index in [1.165, 1.54) is 17.1 Å². The van der Waals surface area contributed by atoms with E-state index in [2.05, 4.69) is 35.4 Å². The van der Waals surface area contributed by atoms with Crippen molar-refractivity contribution in [1.82, 2.24) is 34.8 Å². The Labute approximate surface area is 179 Å². The van der Waals surface area contributed by atoms with E-state index in [0.29, 0.717) is 23.0 Å². The van der Waals surface area contributed by atoms with E-state index in [0.717, 1.165) is 12.8 Å². The van der Waals surface area contributed by atoms with Gasteiger partial charge in [-0.2, -0.15) is 9.78 Å². The molecule has 3 aromatic rings. The zero-order chi connectivity index (χ0) is 22.0. The van der Waals surface area contributed by atoms with Crippen LogP contribution in [0.2, 0.25) is 0 Å². The van der Waals surface area contributed by atoms with Crippen LogP contribution in [-0.2, 0) is 10.0 Å². The molecule has 3 N–H and O–H groups in total. The van der Waals surface area contributed by atoms with Gasteiger partial charge >= 0.3 is 6.03 Å². The van der Waals surface area contributed by atoms with E-state index in [-0.39, 0.29) is 10.9 Å². The molecular weight excluding hydrogens is 420 g/mol. The van der Waals surface area contributed by atoms with Crippen LogP contribution in [0.25, 0.3) is 5.95 Å². The lowest BCUT2D eigenvalue weighted by molar-refractivity contribution is 0.248. The summed E-state index contributed by atoms with van der Waals surface area (Å²) in [6, 6.07) is 5.40. The topological polar surface area (TPSA) is 144 Å². The van der Waals surface area contributed by atoms with Gasteiger partial charge in [-0.1, -0.05) is 6.07 Å².